The zero-order chi connectivity index (χ0) is 31.0. The molecule has 2 saturated carbocycles. The lowest BCUT2D eigenvalue weighted by molar-refractivity contribution is -0.213. The van der Waals surface area contributed by atoms with Crippen molar-refractivity contribution in [2.75, 3.05) is 6.61 Å². The van der Waals surface area contributed by atoms with Gasteiger partial charge in [0.25, 0.3) is 0 Å². The summed E-state index contributed by atoms with van der Waals surface area (Å²) in [5.41, 5.74) is -0.622. The van der Waals surface area contributed by atoms with Crippen LogP contribution in [0.3, 0.4) is 0 Å². The van der Waals surface area contributed by atoms with Crippen LogP contribution in [0.5, 0.6) is 0 Å². The molecule has 0 amide bonds. The van der Waals surface area contributed by atoms with Crippen LogP contribution in [0.1, 0.15) is 74.7 Å². The van der Waals surface area contributed by atoms with E-state index < -0.39 is 77.1 Å². The molecule has 2 fully saturated rings. The van der Waals surface area contributed by atoms with Crippen LogP contribution in [0.25, 0.3) is 0 Å². The highest BCUT2D eigenvalue weighted by Crippen LogP contribution is 2.61. The molecule has 0 heterocycles. The lowest BCUT2D eigenvalue weighted by atomic mass is 9.49. The second-order valence-electron chi connectivity index (χ2n) is 11.9. The highest BCUT2D eigenvalue weighted by atomic mass is 16.6. The summed E-state index contributed by atoms with van der Waals surface area (Å²) in [6, 6.07) is 0. The minimum atomic E-state index is -1.24. The summed E-state index contributed by atoms with van der Waals surface area (Å²) in [6.07, 6.45) is -4.20. The maximum atomic E-state index is 12.7. The topological polar surface area (TPSA) is 152 Å². The molecule has 0 spiro atoms. The molecular weight excluding hydrogens is 536 g/mol. The molecule has 3 aliphatic carbocycles. The fourth-order valence-electron chi connectivity index (χ4n) is 7.36. The monoisotopic (exact) mass is 578 g/mol. The Morgan fingerprint density at radius 1 is 0.780 bits per heavy atom. The van der Waals surface area contributed by atoms with Crippen molar-refractivity contribution in [2.45, 2.75) is 105 Å². The number of hydrogen-bond donors (Lipinski definition) is 1. The van der Waals surface area contributed by atoms with Crippen LogP contribution in [0.15, 0.2) is 23.3 Å². The number of carbonyl (C=O) groups excluding carboxylic acids is 5. The first-order valence-electron chi connectivity index (χ1n) is 13.8. The van der Waals surface area contributed by atoms with E-state index in [9.17, 15) is 29.1 Å². The normalized spacial score (nSPS) is 36.6. The van der Waals surface area contributed by atoms with E-state index in [1.165, 1.54) is 34.6 Å². The van der Waals surface area contributed by atoms with Crippen LogP contribution >= 0.6 is 0 Å². The molecule has 3 rings (SSSR count). The second kappa shape index (κ2) is 12.0. The Kier molecular flexibility index (Phi) is 9.42. The number of esters is 5. The number of carbonyl (C=O) groups is 5. The van der Waals surface area contributed by atoms with Crippen molar-refractivity contribution in [3.63, 3.8) is 0 Å². The van der Waals surface area contributed by atoms with Gasteiger partial charge in [0.15, 0.2) is 12.2 Å². The molecule has 0 aliphatic heterocycles. The Hall–Kier alpha value is -3.21. The third kappa shape index (κ3) is 6.05. The van der Waals surface area contributed by atoms with Crippen molar-refractivity contribution < 1.29 is 52.8 Å². The van der Waals surface area contributed by atoms with Crippen molar-refractivity contribution in [3.05, 3.63) is 23.3 Å². The highest BCUT2D eigenvalue weighted by molar-refractivity contribution is 5.69. The van der Waals surface area contributed by atoms with Gasteiger partial charge in [0.2, 0.25) is 0 Å². The van der Waals surface area contributed by atoms with Crippen molar-refractivity contribution in [3.8, 4) is 0 Å². The van der Waals surface area contributed by atoms with Crippen molar-refractivity contribution in [1.82, 2.24) is 0 Å². The number of ether oxygens (including phenoxy) is 5. The molecule has 41 heavy (non-hydrogen) atoms. The lowest BCUT2D eigenvalue weighted by Crippen LogP contribution is -2.65. The average Bonchev–Trinajstić information content (AvgIpc) is 2.83. The summed E-state index contributed by atoms with van der Waals surface area (Å²) >= 11 is 0. The van der Waals surface area contributed by atoms with E-state index in [1.54, 1.807) is 13.8 Å². The number of rotatable bonds is 6. The van der Waals surface area contributed by atoms with Crippen LogP contribution in [-0.4, -0.2) is 72.1 Å². The number of aliphatic hydroxyl groups excluding tert-OH is 1. The molecule has 0 aromatic heterocycles. The van der Waals surface area contributed by atoms with Crippen molar-refractivity contribution in [2.24, 2.45) is 22.7 Å². The van der Waals surface area contributed by atoms with Gasteiger partial charge in [-0.2, -0.15) is 0 Å². The summed E-state index contributed by atoms with van der Waals surface area (Å²) < 4.78 is 29.1. The van der Waals surface area contributed by atoms with Crippen LogP contribution in [0, 0.1) is 22.7 Å². The minimum Gasteiger partial charge on any atom is -0.462 e. The van der Waals surface area contributed by atoms with E-state index in [-0.39, 0.29) is 18.9 Å². The maximum Gasteiger partial charge on any atom is 0.303 e. The number of fused-ring (bicyclic) bond motifs is 3. The van der Waals surface area contributed by atoms with Gasteiger partial charge in [-0.15, -0.1) is 0 Å². The Labute approximate surface area is 240 Å². The smallest absolute Gasteiger partial charge is 0.303 e. The van der Waals surface area contributed by atoms with Crippen molar-refractivity contribution in [1.29, 1.82) is 0 Å². The van der Waals surface area contributed by atoms with Gasteiger partial charge in [0.1, 0.15) is 18.3 Å². The lowest BCUT2D eigenvalue weighted by Gasteiger charge is -2.59. The molecule has 228 valence electrons. The molecule has 1 N–H and O–H groups in total. The van der Waals surface area contributed by atoms with Gasteiger partial charge in [0.05, 0.1) is 12.0 Å². The predicted octanol–water partition coefficient (Wildman–Crippen LogP) is 2.97. The predicted molar refractivity (Wildman–Crippen MR) is 144 cm³/mol. The standard InChI is InChI=1S/C30H42O11/c1-14-22-10-21-11-23(37-16(3)32)15(2)26(29(21,8)13-31)27(40-19(6)35)28(41-20(7)36)30(22,9)25(39-18(5)34)12-24(14)38-17(4)33/h21-25,27-28,31H,1,10-13H2,2-9H3/t21-,22-,23+,24+,25+,27-,28+,29+,30+/m1/s1. The fourth-order valence-corrected chi connectivity index (χ4v) is 7.36. The molecule has 11 heteroatoms. The molecule has 2 bridgehead atoms. The molecule has 9 atom stereocenters. The molecule has 0 saturated heterocycles. The number of hydrogen-bond acceptors (Lipinski definition) is 11. The molecule has 0 aromatic carbocycles. The van der Waals surface area contributed by atoms with Gasteiger partial charge >= 0.3 is 29.8 Å². The average molecular weight is 579 g/mol. The van der Waals surface area contributed by atoms with Gasteiger partial charge in [-0.05, 0) is 48.3 Å². The Morgan fingerprint density at radius 3 is 1.78 bits per heavy atom. The Bertz CT molecular complexity index is 1160. The Balaban J connectivity index is 2.42. The van der Waals surface area contributed by atoms with Gasteiger partial charge in [0, 0.05) is 46.5 Å². The quantitative estimate of drug-likeness (QED) is 0.281. The van der Waals surface area contributed by atoms with E-state index in [0.29, 0.717) is 29.6 Å². The molecule has 3 aliphatic rings. The SMILES string of the molecule is C=C1[C@@H](OC(C)=O)C[C@H](OC(C)=O)[C@]2(C)[C@@H]1C[C@@H]1C[C@H](OC(C)=O)C(C)=C([C@@H](OC(C)=O)[C@@H]2OC(C)=O)[C@@]1(C)CO. The molecular formula is C30H42O11. The van der Waals surface area contributed by atoms with E-state index in [2.05, 4.69) is 6.58 Å². The zero-order valence-electron chi connectivity index (χ0n) is 25.1. The van der Waals surface area contributed by atoms with Crippen LogP contribution in [-0.2, 0) is 47.7 Å². The fraction of sp³-hybridized carbons (Fsp3) is 0.700. The van der Waals surface area contributed by atoms with Gasteiger partial charge in [-0.1, -0.05) is 20.4 Å². The van der Waals surface area contributed by atoms with Crippen LogP contribution in [0.4, 0.5) is 0 Å². The Morgan fingerprint density at radius 2 is 1.29 bits per heavy atom. The third-order valence-electron chi connectivity index (χ3n) is 9.19. The summed E-state index contributed by atoms with van der Waals surface area (Å²) in [4.78, 5) is 61.8. The van der Waals surface area contributed by atoms with E-state index in [4.69, 9.17) is 23.7 Å². The maximum absolute atomic E-state index is 12.7. The molecule has 11 nitrogen and oxygen atoms in total. The third-order valence-corrected chi connectivity index (χ3v) is 9.19. The first kappa shape index (κ1) is 32.3. The van der Waals surface area contributed by atoms with Gasteiger partial charge in [-0.3, -0.25) is 24.0 Å². The minimum absolute atomic E-state index is 0.0472. The van der Waals surface area contributed by atoms with E-state index in [0.717, 1.165) is 0 Å². The molecule has 0 unspecified atom stereocenters. The van der Waals surface area contributed by atoms with Gasteiger partial charge in [-0.25, -0.2) is 0 Å². The van der Waals surface area contributed by atoms with Crippen LogP contribution < -0.4 is 0 Å². The van der Waals surface area contributed by atoms with Crippen LogP contribution in [0.2, 0.25) is 0 Å². The summed E-state index contributed by atoms with van der Waals surface area (Å²) in [6.45, 7) is 15.6. The highest BCUT2D eigenvalue weighted by Gasteiger charge is 2.65. The molecule has 0 radical (unpaired) electrons. The van der Waals surface area contributed by atoms with Crippen molar-refractivity contribution >= 4 is 29.8 Å². The largest absolute Gasteiger partial charge is 0.462 e. The second-order valence-corrected chi connectivity index (χ2v) is 11.9. The number of aliphatic hydroxyl groups is 1. The van der Waals surface area contributed by atoms with E-state index in [1.807, 2.05) is 6.92 Å². The molecule has 0 aromatic rings. The summed E-state index contributed by atoms with van der Waals surface area (Å²) in [7, 11) is 0. The van der Waals surface area contributed by atoms with Gasteiger partial charge < -0.3 is 28.8 Å². The first-order chi connectivity index (χ1) is 19.0. The zero-order valence-corrected chi connectivity index (χ0v) is 25.1. The summed E-state index contributed by atoms with van der Waals surface area (Å²) in [5, 5.41) is 10.9. The summed E-state index contributed by atoms with van der Waals surface area (Å²) in [5.74, 6) is -3.96. The first-order valence-corrected chi connectivity index (χ1v) is 13.8. The van der Waals surface area contributed by atoms with E-state index >= 15 is 0 Å².